The highest BCUT2D eigenvalue weighted by molar-refractivity contribution is 5.82. The molecule has 0 bridgehead atoms. The average Bonchev–Trinajstić information content (AvgIpc) is 2.79. The third kappa shape index (κ3) is 2.87. The first-order valence-electron chi connectivity index (χ1n) is 6.71. The van der Waals surface area contributed by atoms with E-state index in [1.165, 1.54) is 16.5 Å². The van der Waals surface area contributed by atoms with Gasteiger partial charge in [0.15, 0.2) is 0 Å². The van der Waals surface area contributed by atoms with Crippen molar-refractivity contribution in [2.45, 2.75) is 12.8 Å². The Kier molecular flexibility index (Phi) is 4.83. The second-order valence-electron chi connectivity index (χ2n) is 4.77. The highest BCUT2D eigenvalue weighted by atomic mass is 35.5. The van der Waals surface area contributed by atoms with Crippen LogP contribution in [0.5, 0.6) is 0 Å². The number of para-hydroxylation sites is 1. The fourth-order valence-corrected chi connectivity index (χ4v) is 2.52. The number of fused-ring (bicyclic) bond motifs is 1. The van der Waals surface area contributed by atoms with Crippen molar-refractivity contribution in [3.05, 3.63) is 71.5 Å². The molecule has 2 aromatic carbocycles. The minimum absolute atomic E-state index is 0. The lowest BCUT2D eigenvalue weighted by molar-refractivity contribution is -0.366. The molecule has 3 N–H and O–H groups in total. The number of halogens is 1. The molecule has 1 heterocycles. The van der Waals surface area contributed by atoms with Crippen LogP contribution in [0.15, 0.2) is 59.0 Å². The number of benzene rings is 2. The summed E-state index contributed by atoms with van der Waals surface area (Å²) >= 11 is 0. The molecule has 0 saturated heterocycles. The zero-order valence-electron chi connectivity index (χ0n) is 11.3. The summed E-state index contributed by atoms with van der Waals surface area (Å²) in [6, 6.07) is 18.7. The summed E-state index contributed by atoms with van der Waals surface area (Å²) in [5.74, 6) is 1.08. The molecule has 2 nitrogen and oxygen atoms in total. The first-order chi connectivity index (χ1) is 9.38. The number of hydrogen-bond acceptors (Lipinski definition) is 1. The van der Waals surface area contributed by atoms with Crippen molar-refractivity contribution in [1.82, 2.24) is 0 Å². The Hall–Kier alpha value is -1.77. The Morgan fingerprint density at radius 1 is 0.900 bits per heavy atom. The van der Waals surface area contributed by atoms with E-state index in [2.05, 4.69) is 42.1 Å². The molecule has 0 atom stereocenters. The van der Waals surface area contributed by atoms with Gasteiger partial charge < -0.3 is 22.6 Å². The van der Waals surface area contributed by atoms with Crippen LogP contribution in [0.25, 0.3) is 11.0 Å². The fourth-order valence-electron chi connectivity index (χ4n) is 2.52. The van der Waals surface area contributed by atoms with Crippen LogP contribution in [0.1, 0.15) is 16.9 Å². The van der Waals surface area contributed by atoms with Gasteiger partial charge in [0, 0.05) is 23.8 Å². The van der Waals surface area contributed by atoms with E-state index < -0.39 is 0 Å². The predicted octanol–water partition coefficient (Wildman–Crippen LogP) is -0.188. The second kappa shape index (κ2) is 6.60. The van der Waals surface area contributed by atoms with Gasteiger partial charge in [-0.05, 0) is 11.6 Å². The van der Waals surface area contributed by atoms with Crippen molar-refractivity contribution in [1.29, 1.82) is 0 Å². The summed E-state index contributed by atoms with van der Waals surface area (Å²) in [6.07, 6.45) is 1.82. The topological polar surface area (TPSA) is 40.8 Å². The van der Waals surface area contributed by atoms with Crippen molar-refractivity contribution in [2.75, 3.05) is 6.54 Å². The van der Waals surface area contributed by atoms with Gasteiger partial charge in [-0.1, -0.05) is 48.5 Å². The quantitative estimate of drug-likeness (QED) is 0.710. The first kappa shape index (κ1) is 14.6. The predicted molar refractivity (Wildman–Crippen MR) is 76.9 cm³/mol. The number of quaternary nitrogens is 1. The molecule has 0 saturated carbocycles. The molecule has 0 fully saturated rings. The fraction of sp³-hybridized carbons (Fsp3) is 0.176. The molecule has 20 heavy (non-hydrogen) atoms. The molecule has 0 spiro atoms. The lowest BCUT2D eigenvalue weighted by Gasteiger charge is -2.01. The molecule has 0 aliphatic heterocycles. The summed E-state index contributed by atoms with van der Waals surface area (Å²) in [7, 11) is 0. The SMILES string of the molecule is [Cl-].[NH3+]CCc1c(Cc2ccccc2)oc2ccccc12. The third-order valence-corrected chi connectivity index (χ3v) is 3.42. The molecule has 0 aliphatic rings. The van der Waals surface area contributed by atoms with Crippen LogP contribution in [0.3, 0.4) is 0 Å². The van der Waals surface area contributed by atoms with E-state index in [-0.39, 0.29) is 12.4 Å². The maximum atomic E-state index is 6.03. The van der Waals surface area contributed by atoms with Crippen LogP contribution in [-0.2, 0) is 12.8 Å². The van der Waals surface area contributed by atoms with Crippen molar-refractivity contribution in [2.24, 2.45) is 0 Å². The maximum absolute atomic E-state index is 6.03. The molecule has 104 valence electrons. The van der Waals surface area contributed by atoms with Crippen molar-refractivity contribution in [3.8, 4) is 0 Å². The van der Waals surface area contributed by atoms with Gasteiger partial charge in [0.1, 0.15) is 11.3 Å². The Bertz CT molecular complexity index is 676. The second-order valence-corrected chi connectivity index (χ2v) is 4.77. The Balaban J connectivity index is 0.00000147. The van der Waals surface area contributed by atoms with Gasteiger partial charge in [-0.2, -0.15) is 0 Å². The van der Waals surface area contributed by atoms with Gasteiger partial charge in [0.2, 0.25) is 0 Å². The monoisotopic (exact) mass is 287 g/mol. The molecule has 0 radical (unpaired) electrons. The lowest BCUT2D eigenvalue weighted by atomic mass is 10.0. The summed E-state index contributed by atoms with van der Waals surface area (Å²) in [5, 5.41) is 1.23. The molecule has 3 rings (SSSR count). The molecule has 3 heteroatoms. The van der Waals surface area contributed by atoms with Gasteiger partial charge in [-0.3, -0.25) is 0 Å². The maximum Gasteiger partial charge on any atom is 0.134 e. The molecule has 0 aliphatic carbocycles. The van der Waals surface area contributed by atoms with Crippen molar-refractivity contribution in [3.63, 3.8) is 0 Å². The van der Waals surface area contributed by atoms with Crippen molar-refractivity contribution >= 4 is 11.0 Å². The van der Waals surface area contributed by atoms with Crippen LogP contribution in [-0.4, -0.2) is 6.54 Å². The van der Waals surface area contributed by atoms with E-state index in [9.17, 15) is 0 Å². The third-order valence-electron chi connectivity index (χ3n) is 3.42. The average molecular weight is 288 g/mol. The van der Waals surface area contributed by atoms with E-state index in [0.29, 0.717) is 0 Å². The summed E-state index contributed by atoms with van der Waals surface area (Å²) in [4.78, 5) is 0. The minimum Gasteiger partial charge on any atom is -1.00 e. The standard InChI is InChI=1S/C17H17NO.ClH/c18-11-10-15-14-8-4-5-9-16(14)19-17(15)12-13-6-2-1-3-7-13;/h1-9H,10-12,18H2;1H. The van der Waals surface area contributed by atoms with Crippen LogP contribution < -0.4 is 18.1 Å². The Morgan fingerprint density at radius 3 is 2.35 bits per heavy atom. The summed E-state index contributed by atoms with van der Waals surface area (Å²) < 4.78 is 6.03. The van der Waals surface area contributed by atoms with Gasteiger partial charge >= 0.3 is 0 Å². The molecular formula is C17H18ClNO. The Labute approximate surface area is 125 Å². The zero-order valence-corrected chi connectivity index (χ0v) is 12.1. The molecule has 0 unspecified atom stereocenters. The smallest absolute Gasteiger partial charge is 0.134 e. The van der Waals surface area contributed by atoms with E-state index in [4.69, 9.17) is 4.42 Å². The van der Waals surface area contributed by atoms with Gasteiger partial charge in [0.05, 0.1) is 6.54 Å². The minimum atomic E-state index is 0. The number of hydrogen-bond donors (Lipinski definition) is 1. The Morgan fingerprint density at radius 2 is 1.60 bits per heavy atom. The van der Waals surface area contributed by atoms with Gasteiger partial charge in [0.25, 0.3) is 0 Å². The van der Waals surface area contributed by atoms with Crippen molar-refractivity contribution < 1.29 is 22.6 Å². The van der Waals surface area contributed by atoms with Crippen LogP contribution in [0.4, 0.5) is 0 Å². The summed E-state index contributed by atoms with van der Waals surface area (Å²) in [5.41, 5.74) is 7.56. The van der Waals surface area contributed by atoms with Crippen LogP contribution in [0, 0.1) is 0 Å². The largest absolute Gasteiger partial charge is 1.00 e. The number of rotatable bonds is 4. The van der Waals surface area contributed by atoms with E-state index in [1.54, 1.807) is 0 Å². The number of furan rings is 1. The molecule has 3 aromatic rings. The highest BCUT2D eigenvalue weighted by Crippen LogP contribution is 2.27. The lowest BCUT2D eigenvalue weighted by Crippen LogP contribution is -3.00. The van der Waals surface area contributed by atoms with Crippen LogP contribution >= 0.6 is 0 Å². The summed E-state index contributed by atoms with van der Waals surface area (Å²) in [6.45, 7) is 0.894. The molecule has 0 amide bonds. The molecule has 1 aromatic heterocycles. The van der Waals surface area contributed by atoms with E-state index in [0.717, 1.165) is 30.7 Å². The zero-order chi connectivity index (χ0) is 13.1. The van der Waals surface area contributed by atoms with E-state index in [1.807, 2.05) is 18.2 Å². The van der Waals surface area contributed by atoms with E-state index >= 15 is 0 Å². The first-order valence-corrected chi connectivity index (χ1v) is 6.71. The normalized spacial score (nSPS) is 10.4. The molecular weight excluding hydrogens is 270 g/mol. The highest BCUT2D eigenvalue weighted by Gasteiger charge is 2.13. The van der Waals surface area contributed by atoms with Crippen LogP contribution in [0.2, 0.25) is 0 Å². The van der Waals surface area contributed by atoms with Gasteiger partial charge in [-0.25, -0.2) is 0 Å². The van der Waals surface area contributed by atoms with Gasteiger partial charge in [-0.15, -0.1) is 0 Å².